The Morgan fingerprint density at radius 2 is 1.87 bits per heavy atom. The Labute approximate surface area is 266 Å². The summed E-state index contributed by atoms with van der Waals surface area (Å²) in [4.78, 5) is 44.0. The fraction of sp³-hybridized carbons (Fsp3) is 0.469. The van der Waals surface area contributed by atoms with Gasteiger partial charge in [-0.3, -0.25) is 24.8 Å². The number of nitrogens with zero attached hydrogens (tertiary/aromatic N) is 2. The number of carbonyl (C=O) groups is 2. The van der Waals surface area contributed by atoms with Crippen LogP contribution in [-0.4, -0.2) is 66.4 Å². The Morgan fingerprint density at radius 3 is 2.51 bits per heavy atom. The maximum Gasteiger partial charge on any atom is 0.249 e. The summed E-state index contributed by atoms with van der Waals surface area (Å²) in [5.41, 5.74) is 2.96. The molecule has 0 bridgehead atoms. The van der Waals surface area contributed by atoms with E-state index in [0.717, 1.165) is 36.2 Å². The van der Waals surface area contributed by atoms with Gasteiger partial charge in [-0.05, 0) is 79.0 Å². The highest BCUT2D eigenvalue weighted by Crippen LogP contribution is 2.50. The van der Waals surface area contributed by atoms with Crippen LogP contribution in [0.5, 0.6) is 17.2 Å². The molecule has 13 heteroatoms. The van der Waals surface area contributed by atoms with E-state index < -0.39 is 12.1 Å². The molecule has 1 fully saturated rings. The quantitative estimate of drug-likeness (QED) is 0.224. The van der Waals surface area contributed by atoms with Crippen molar-refractivity contribution in [3.05, 3.63) is 51.4 Å². The third-order valence-electron chi connectivity index (χ3n) is 8.40. The first-order chi connectivity index (χ1) is 21.8. The zero-order valence-electron chi connectivity index (χ0n) is 26.2. The summed E-state index contributed by atoms with van der Waals surface area (Å²) in [5, 5.41) is 16.1. The molecule has 0 unspecified atom stereocenters. The van der Waals surface area contributed by atoms with Crippen LogP contribution < -0.4 is 35.6 Å². The molecule has 2 atom stereocenters. The number of aromatic nitrogens is 3. The number of aromatic amines is 1. The average Bonchev–Trinajstić information content (AvgIpc) is 3.31. The highest BCUT2D eigenvalue weighted by Gasteiger charge is 2.30. The molecule has 12 nitrogen and oxygen atoms in total. The number of amides is 2. The Kier molecular flexibility index (Phi) is 10.2. The van der Waals surface area contributed by atoms with Crippen LogP contribution in [0.4, 0.5) is 11.6 Å². The molecular weight excluding hydrogens is 596 g/mol. The van der Waals surface area contributed by atoms with E-state index in [0.29, 0.717) is 59.3 Å². The number of H-pyrrole nitrogens is 1. The van der Waals surface area contributed by atoms with Crippen LogP contribution in [0.1, 0.15) is 67.9 Å². The van der Waals surface area contributed by atoms with Gasteiger partial charge in [0.25, 0.3) is 0 Å². The number of nitrogens with one attached hydrogen (secondary N) is 4. The molecule has 5 rings (SSSR count). The lowest BCUT2D eigenvalue weighted by molar-refractivity contribution is -0.120. The van der Waals surface area contributed by atoms with Gasteiger partial charge in [-0.2, -0.15) is 16.7 Å². The van der Waals surface area contributed by atoms with Crippen LogP contribution in [0, 0.1) is 0 Å². The lowest BCUT2D eigenvalue weighted by atomic mass is 9.85. The second kappa shape index (κ2) is 14.2. The minimum Gasteiger partial charge on any atom is -0.493 e. The fourth-order valence-electron chi connectivity index (χ4n) is 5.91. The van der Waals surface area contributed by atoms with Gasteiger partial charge in [-0.25, -0.2) is 0 Å². The zero-order chi connectivity index (χ0) is 32.1. The molecule has 0 saturated heterocycles. The summed E-state index contributed by atoms with van der Waals surface area (Å²) in [6.07, 6.45) is 6.84. The molecule has 2 amide bonds. The minimum absolute atomic E-state index is 0.211. The molecule has 2 aliphatic carbocycles. The van der Waals surface area contributed by atoms with Crippen molar-refractivity contribution in [1.29, 1.82) is 0 Å². The summed E-state index contributed by atoms with van der Waals surface area (Å²) in [5.74, 6) is 2.90. The second-order valence-electron chi connectivity index (χ2n) is 11.2. The monoisotopic (exact) mass is 636 g/mol. The van der Waals surface area contributed by atoms with Crippen molar-refractivity contribution in [2.24, 2.45) is 0 Å². The van der Waals surface area contributed by atoms with Gasteiger partial charge >= 0.3 is 0 Å². The Balaban J connectivity index is 1.55. The predicted octanol–water partition coefficient (Wildman–Crippen LogP) is 4.42. The maximum atomic E-state index is 13.8. The van der Waals surface area contributed by atoms with Crippen molar-refractivity contribution < 1.29 is 23.8 Å². The number of fused-ring (bicyclic) bond motifs is 3. The number of hydrogen-bond donors (Lipinski definition) is 4. The van der Waals surface area contributed by atoms with Crippen molar-refractivity contribution in [2.45, 2.75) is 63.5 Å². The van der Waals surface area contributed by atoms with Gasteiger partial charge in [0.15, 0.2) is 11.5 Å². The largest absolute Gasteiger partial charge is 0.493 e. The van der Waals surface area contributed by atoms with Gasteiger partial charge in [0, 0.05) is 18.4 Å². The third-order valence-corrected chi connectivity index (χ3v) is 9.05. The van der Waals surface area contributed by atoms with E-state index in [-0.39, 0.29) is 28.9 Å². The summed E-state index contributed by atoms with van der Waals surface area (Å²) in [6.45, 7) is 1.46. The van der Waals surface area contributed by atoms with E-state index in [1.54, 1.807) is 39.2 Å². The van der Waals surface area contributed by atoms with E-state index in [1.807, 2.05) is 18.4 Å². The van der Waals surface area contributed by atoms with Crippen LogP contribution in [0.2, 0.25) is 0 Å². The molecule has 3 aromatic rings. The lowest BCUT2D eigenvalue weighted by Gasteiger charge is -2.22. The van der Waals surface area contributed by atoms with Crippen molar-refractivity contribution in [3.8, 4) is 28.4 Å². The van der Waals surface area contributed by atoms with Crippen molar-refractivity contribution in [1.82, 2.24) is 20.5 Å². The number of thioether (sulfide) groups is 1. The molecule has 1 heterocycles. The number of carbonyl (C=O) groups excluding carboxylic acids is 2. The molecule has 1 aromatic heterocycles. The van der Waals surface area contributed by atoms with Crippen LogP contribution in [-0.2, 0) is 16.0 Å². The first-order valence-corrected chi connectivity index (χ1v) is 16.4. The number of hydrogen-bond acceptors (Lipinski definition) is 10. The van der Waals surface area contributed by atoms with E-state index in [4.69, 9.17) is 14.2 Å². The number of ether oxygens (including phenoxy) is 3. The molecule has 0 aliphatic heterocycles. The van der Waals surface area contributed by atoms with Gasteiger partial charge < -0.3 is 24.8 Å². The van der Waals surface area contributed by atoms with Crippen LogP contribution >= 0.6 is 11.8 Å². The summed E-state index contributed by atoms with van der Waals surface area (Å²) in [6, 6.07) is 5.78. The predicted molar refractivity (Wildman–Crippen MR) is 175 cm³/mol. The maximum absolute atomic E-state index is 13.8. The van der Waals surface area contributed by atoms with Gasteiger partial charge in [-0.1, -0.05) is 12.5 Å². The van der Waals surface area contributed by atoms with Gasteiger partial charge in [0.05, 0.1) is 33.1 Å². The summed E-state index contributed by atoms with van der Waals surface area (Å²) < 4.78 is 17.1. The molecule has 4 N–H and O–H groups in total. The lowest BCUT2D eigenvalue weighted by Crippen LogP contribution is -2.36. The molecule has 2 aromatic carbocycles. The van der Waals surface area contributed by atoms with E-state index in [9.17, 15) is 14.4 Å². The second-order valence-corrected chi connectivity index (χ2v) is 12.2. The number of benzene rings is 1. The number of aryl methyl sites for hydroxylation is 1. The SMILES string of the molecule is COc1cc2c(c(OC)c1OC)-c1ccc(N[C@@H](CCSC)C(=O)Nc3n[nH]c(C4CCC4)n3)c(=O)cc1[C@@H](NC(C)=O)CC2. The van der Waals surface area contributed by atoms with Gasteiger partial charge in [-0.15, -0.1) is 5.10 Å². The molecule has 0 spiro atoms. The van der Waals surface area contributed by atoms with Gasteiger partial charge in [0.2, 0.25) is 28.9 Å². The van der Waals surface area contributed by atoms with E-state index in [1.165, 1.54) is 13.0 Å². The summed E-state index contributed by atoms with van der Waals surface area (Å²) >= 11 is 1.60. The minimum atomic E-state index is -0.727. The number of methoxy groups -OCH3 is 3. The standard InChI is InChI=1S/C32H40N6O6S/c1-17(39)33-22-11-9-19-15-26(42-2)28(43-3)29(44-4)27(19)20-10-12-23(25(40)16-21(20)22)34-24(13-14-45-5)31(41)36-32-35-30(37-38-32)18-7-6-8-18/h10,12,15-16,18,22,24H,6-9,11,13-14H2,1-5H3,(H,33,39)(H,34,40)(H2,35,36,37,38,41)/t22-,24-/m0/s1. The topological polar surface area (TPSA) is 157 Å². The van der Waals surface area contributed by atoms with Crippen LogP contribution in [0.3, 0.4) is 0 Å². The number of rotatable bonds is 12. The van der Waals surface area contributed by atoms with E-state index >= 15 is 0 Å². The van der Waals surface area contributed by atoms with Crippen molar-refractivity contribution in [3.63, 3.8) is 0 Å². The highest BCUT2D eigenvalue weighted by molar-refractivity contribution is 7.98. The molecule has 0 radical (unpaired) electrons. The van der Waals surface area contributed by atoms with Crippen LogP contribution in [0.25, 0.3) is 11.1 Å². The highest BCUT2D eigenvalue weighted by atomic mass is 32.2. The smallest absolute Gasteiger partial charge is 0.249 e. The number of anilines is 2. The first-order valence-electron chi connectivity index (χ1n) is 15.0. The van der Waals surface area contributed by atoms with Gasteiger partial charge in [0.1, 0.15) is 11.9 Å². The Hall–Kier alpha value is -4.26. The third kappa shape index (κ3) is 6.87. The molecular formula is C32H40N6O6S. The molecule has 240 valence electrons. The summed E-state index contributed by atoms with van der Waals surface area (Å²) in [7, 11) is 4.66. The Bertz CT molecular complexity index is 1620. The van der Waals surface area contributed by atoms with Crippen molar-refractivity contribution >= 4 is 35.2 Å². The van der Waals surface area contributed by atoms with E-state index in [2.05, 4.69) is 31.1 Å². The molecule has 45 heavy (non-hydrogen) atoms. The molecule has 2 aliphatic rings. The van der Waals surface area contributed by atoms with Crippen LogP contribution in [0.15, 0.2) is 29.1 Å². The molecule has 1 saturated carbocycles. The van der Waals surface area contributed by atoms with Crippen molar-refractivity contribution in [2.75, 3.05) is 44.0 Å². The average molecular weight is 637 g/mol. The zero-order valence-corrected chi connectivity index (χ0v) is 27.1. The normalized spacial score (nSPS) is 16.2. The fourth-order valence-corrected chi connectivity index (χ4v) is 6.38. The first kappa shape index (κ1) is 32.1. The Morgan fingerprint density at radius 1 is 1.09 bits per heavy atom.